The second-order valence-electron chi connectivity index (χ2n) is 5.50. The molecule has 2 aromatic rings. The van der Waals surface area contributed by atoms with Gasteiger partial charge in [-0.05, 0) is 29.7 Å². The highest BCUT2D eigenvalue weighted by Gasteiger charge is 2.13. The molecular formula is C19H24N2O3. The molecule has 1 atom stereocenters. The van der Waals surface area contributed by atoms with Crippen molar-refractivity contribution in [1.29, 1.82) is 0 Å². The van der Waals surface area contributed by atoms with Gasteiger partial charge in [-0.15, -0.1) is 0 Å². The predicted octanol–water partition coefficient (Wildman–Crippen LogP) is 1.90. The molecule has 3 N–H and O–H groups in total. The van der Waals surface area contributed by atoms with Gasteiger partial charge in [0.05, 0.1) is 12.6 Å². The van der Waals surface area contributed by atoms with Crippen molar-refractivity contribution >= 4 is 5.91 Å². The summed E-state index contributed by atoms with van der Waals surface area (Å²) >= 11 is 0. The SMILES string of the molecule is COCCOc1ccc(CNC(=O)[C@@H](N)Cc2ccccc2)cc1. The summed E-state index contributed by atoms with van der Waals surface area (Å²) in [5.74, 6) is 0.627. The molecule has 0 saturated heterocycles. The topological polar surface area (TPSA) is 73.6 Å². The van der Waals surface area contributed by atoms with Crippen molar-refractivity contribution in [1.82, 2.24) is 5.32 Å². The first-order valence-electron chi connectivity index (χ1n) is 7.97. The van der Waals surface area contributed by atoms with Gasteiger partial charge in [0.25, 0.3) is 0 Å². The number of carbonyl (C=O) groups is 1. The van der Waals surface area contributed by atoms with Crippen LogP contribution in [0.3, 0.4) is 0 Å². The van der Waals surface area contributed by atoms with Crippen LogP contribution in [-0.4, -0.2) is 32.3 Å². The maximum atomic E-state index is 12.1. The number of nitrogens with one attached hydrogen (secondary N) is 1. The molecule has 0 saturated carbocycles. The van der Waals surface area contributed by atoms with E-state index in [9.17, 15) is 4.79 Å². The minimum absolute atomic E-state index is 0.153. The van der Waals surface area contributed by atoms with Crippen LogP contribution >= 0.6 is 0 Å². The molecule has 2 rings (SSSR count). The first-order valence-corrected chi connectivity index (χ1v) is 7.97. The molecule has 1 amide bonds. The fourth-order valence-corrected chi connectivity index (χ4v) is 2.23. The number of rotatable bonds is 9. The van der Waals surface area contributed by atoms with Crippen LogP contribution in [0.2, 0.25) is 0 Å². The average Bonchev–Trinajstić information content (AvgIpc) is 2.62. The van der Waals surface area contributed by atoms with Crippen molar-refractivity contribution < 1.29 is 14.3 Å². The van der Waals surface area contributed by atoms with E-state index in [0.29, 0.717) is 26.2 Å². The van der Waals surface area contributed by atoms with Gasteiger partial charge < -0.3 is 20.5 Å². The summed E-state index contributed by atoms with van der Waals surface area (Å²) in [5.41, 5.74) is 8.01. The van der Waals surface area contributed by atoms with Gasteiger partial charge in [0.1, 0.15) is 12.4 Å². The molecule has 0 radical (unpaired) electrons. The maximum Gasteiger partial charge on any atom is 0.237 e. The first kappa shape index (κ1) is 18.0. The summed E-state index contributed by atoms with van der Waals surface area (Å²) in [6.07, 6.45) is 0.527. The van der Waals surface area contributed by atoms with E-state index in [4.69, 9.17) is 15.2 Å². The lowest BCUT2D eigenvalue weighted by Gasteiger charge is -2.13. The molecule has 0 spiro atoms. The first-order chi connectivity index (χ1) is 11.7. The third kappa shape index (κ3) is 6.02. The molecule has 5 nitrogen and oxygen atoms in total. The van der Waals surface area contributed by atoms with Gasteiger partial charge in [-0.1, -0.05) is 42.5 Å². The minimum Gasteiger partial charge on any atom is -0.491 e. The van der Waals surface area contributed by atoms with Crippen molar-refractivity contribution in [3.8, 4) is 5.75 Å². The lowest BCUT2D eigenvalue weighted by atomic mass is 10.1. The van der Waals surface area contributed by atoms with E-state index < -0.39 is 6.04 Å². The molecule has 24 heavy (non-hydrogen) atoms. The van der Waals surface area contributed by atoms with Crippen molar-refractivity contribution in [2.24, 2.45) is 5.73 Å². The molecule has 0 aliphatic heterocycles. The lowest BCUT2D eigenvalue weighted by Crippen LogP contribution is -2.41. The van der Waals surface area contributed by atoms with E-state index in [0.717, 1.165) is 16.9 Å². The smallest absolute Gasteiger partial charge is 0.237 e. The summed E-state index contributed by atoms with van der Waals surface area (Å²) in [4.78, 5) is 12.1. The van der Waals surface area contributed by atoms with E-state index in [2.05, 4.69) is 5.32 Å². The molecule has 5 heteroatoms. The molecule has 128 valence electrons. The van der Waals surface area contributed by atoms with Crippen LogP contribution in [0.15, 0.2) is 54.6 Å². The zero-order valence-corrected chi connectivity index (χ0v) is 13.9. The summed E-state index contributed by atoms with van der Waals surface area (Å²) < 4.78 is 10.4. The highest BCUT2D eigenvalue weighted by Crippen LogP contribution is 2.12. The lowest BCUT2D eigenvalue weighted by molar-refractivity contribution is -0.122. The van der Waals surface area contributed by atoms with Gasteiger partial charge in [-0.25, -0.2) is 0 Å². The molecule has 0 aliphatic rings. The number of nitrogens with two attached hydrogens (primary N) is 1. The fourth-order valence-electron chi connectivity index (χ4n) is 2.23. The Morgan fingerprint density at radius 3 is 2.42 bits per heavy atom. The molecule has 0 aliphatic carbocycles. The van der Waals surface area contributed by atoms with Crippen molar-refractivity contribution in [2.45, 2.75) is 19.0 Å². The number of ether oxygens (including phenoxy) is 2. The third-order valence-electron chi connectivity index (χ3n) is 3.58. The highest BCUT2D eigenvalue weighted by atomic mass is 16.5. The number of hydrogen-bond acceptors (Lipinski definition) is 4. The van der Waals surface area contributed by atoms with Crippen LogP contribution in [0, 0.1) is 0 Å². The summed E-state index contributed by atoms with van der Waals surface area (Å²) in [5, 5.41) is 2.87. The molecular weight excluding hydrogens is 304 g/mol. The van der Waals surface area contributed by atoms with E-state index in [1.807, 2.05) is 54.6 Å². The van der Waals surface area contributed by atoms with Gasteiger partial charge in [0.15, 0.2) is 0 Å². The molecule has 0 bridgehead atoms. The zero-order valence-electron chi connectivity index (χ0n) is 13.9. The van der Waals surface area contributed by atoms with Gasteiger partial charge in [-0.2, -0.15) is 0 Å². The Morgan fingerprint density at radius 1 is 1.04 bits per heavy atom. The number of carbonyl (C=O) groups excluding carboxylic acids is 1. The van der Waals surface area contributed by atoms with Crippen molar-refractivity contribution in [3.63, 3.8) is 0 Å². The summed E-state index contributed by atoms with van der Waals surface area (Å²) in [7, 11) is 1.64. The number of methoxy groups -OCH3 is 1. The highest BCUT2D eigenvalue weighted by molar-refractivity contribution is 5.81. The van der Waals surface area contributed by atoms with Crippen LogP contribution in [0.1, 0.15) is 11.1 Å². The number of benzene rings is 2. The van der Waals surface area contributed by atoms with Gasteiger partial charge in [0, 0.05) is 13.7 Å². The average molecular weight is 328 g/mol. The van der Waals surface area contributed by atoms with E-state index >= 15 is 0 Å². The Hall–Kier alpha value is -2.37. The monoisotopic (exact) mass is 328 g/mol. The van der Waals surface area contributed by atoms with E-state index in [-0.39, 0.29) is 5.91 Å². The third-order valence-corrected chi connectivity index (χ3v) is 3.58. The van der Waals surface area contributed by atoms with Crippen LogP contribution in [0.25, 0.3) is 0 Å². The minimum atomic E-state index is -0.552. The fraction of sp³-hybridized carbons (Fsp3) is 0.316. The number of amides is 1. The van der Waals surface area contributed by atoms with Crippen molar-refractivity contribution in [3.05, 3.63) is 65.7 Å². The second kappa shape index (κ2) is 9.70. The Bertz CT molecular complexity index is 614. The standard InChI is InChI=1S/C19H24N2O3/c1-23-11-12-24-17-9-7-16(8-10-17)14-21-19(22)18(20)13-15-5-3-2-4-6-15/h2-10,18H,11-14,20H2,1H3,(H,21,22)/t18-/m0/s1. The quantitative estimate of drug-likeness (QED) is 0.690. The maximum absolute atomic E-state index is 12.1. The predicted molar refractivity (Wildman–Crippen MR) is 93.8 cm³/mol. The summed E-state index contributed by atoms with van der Waals surface area (Å²) in [6.45, 7) is 1.51. The van der Waals surface area contributed by atoms with E-state index in [1.165, 1.54) is 0 Å². The van der Waals surface area contributed by atoms with Gasteiger partial charge in [-0.3, -0.25) is 4.79 Å². The Balaban J connectivity index is 1.76. The van der Waals surface area contributed by atoms with Gasteiger partial charge in [0.2, 0.25) is 5.91 Å². The molecule has 2 aromatic carbocycles. The molecule has 0 fully saturated rings. The normalized spacial score (nSPS) is 11.8. The molecule has 0 unspecified atom stereocenters. The Morgan fingerprint density at radius 2 is 1.75 bits per heavy atom. The van der Waals surface area contributed by atoms with Crippen LogP contribution in [-0.2, 0) is 22.5 Å². The van der Waals surface area contributed by atoms with Crippen molar-refractivity contribution in [2.75, 3.05) is 20.3 Å². The van der Waals surface area contributed by atoms with Crippen LogP contribution < -0.4 is 15.8 Å². The van der Waals surface area contributed by atoms with Crippen LogP contribution in [0.5, 0.6) is 5.75 Å². The Kier molecular flexibility index (Phi) is 7.26. The molecule has 0 aromatic heterocycles. The zero-order chi connectivity index (χ0) is 17.2. The van der Waals surface area contributed by atoms with E-state index in [1.54, 1.807) is 7.11 Å². The summed E-state index contributed by atoms with van der Waals surface area (Å²) in [6, 6.07) is 16.8. The number of hydrogen-bond donors (Lipinski definition) is 2. The van der Waals surface area contributed by atoms with Crippen LogP contribution in [0.4, 0.5) is 0 Å². The largest absolute Gasteiger partial charge is 0.491 e. The second-order valence-corrected chi connectivity index (χ2v) is 5.50. The van der Waals surface area contributed by atoms with Gasteiger partial charge >= 0.3 is 0 Å². The molecule has 0 heterocycles. The Labute approximate surface area is 142 Å².